The van der Waals surface area contributed by atoms with Crippen molar-refractivity contribution in [3.8, 4) is 11.4 Å². The lowest BCUT2D eigenvalue weighted by molar-refractivity contribution is -0.132. The number of benzene rings is 2. The third-order valence-electron chi connectivity index (χ3n) is 19.0. The zero-order valence-corrected chi connectivity index (χ0v) is 61.9. The van der Waals surface area contributed by atoms with E-state index in [2.05, 4.69) is 80.2 Å². The van der Waals surface area contributed by atoms with Crippen LogP contribution in [0.5, 0.6) is 0 Å². The first-order chi connectivity index (χ1) is 51.3. The van der Waals surface area contributed by atoms with Crippen molar-refractivity contribution in [3.63, 3.8) is 0 Å². The Balaban J connectivity index is 0.625. The van der Waals surface area contributed by atoms with E-state index in [1.54, 1.807) is 62.6 Å². The van der Waals surface area contributed by atoms with Gasteiger partial charge >= 0.3 is 12.1 Å². The minimum Gasteiger partial charge on any atom is -0.490 e. The van der Waals surface area contributed by atoms with Crippen LogP contribution >= 0.6 is 0 Å². The summed E-state index contributed by atoms with van der Waals surface area (Å²) >= 11 is 0. The molecule has 582 valence electrons. The number of primary amides is 1. The SMILES string of the molecule is C=C1OCc2c(cc3n(c2=O)Cc2c-3nc3cc(F)c(C)c4c3c2[C@@H](NC(=O)COCNC(=O)CNC(=O)OCc2ccc(NC(=O)[C@H](CCCNC(N)=O)NC(=O)[C@@H](NC(=O)CCOCCOCCOCCOCCNC(=O)COC3CCCCCc5c3nnn5C(C)(C)C)C(C)C)cc2)CC4)[C@@]1(O)CC. The number of ether oxygens (including phenoxy) is 8. The standard InChI is InChI=1S/C74H101FN14O18/c1-9-74(99)45(5)105-39-50-51(74)34-57-66-49(37-88(57)70(50)96)64-53(22-21-48-44(4)52(75)35-55(83-66)63(48)64)82-62(93)40-104-42-80-60(91)36-79-72(98)107-38-46-17-19-47(20-18-46)81-68(94)54(14-13-24-78-71(76)97)84-69(95)65(43(2)3)85-59(90)23-26-100-28-30-102-32-33-103-31-29-101-27-25-77-61(92)41-106-58-16-12-10-11-15-56-67(58)86-87-89(56)73(6,7)8/h17-20,34-35,43,53-54,58,65,99H,5,9-16,21-33,36-42H2,1-4,6-8H3,(H,77,92)(H,79,98)(H,80,91)(H,81,94)(H,82,93)(H,84,95)(H,85,90)(H3,76,78,97)/t53-,54-,58?,65-,74+/m0/s1. The molecule has 0 saturated heterocycles. The van der Waals surface area contributed by atoms with Crippen molar-refractivity contribution in [2.75, 3.05) is 97.8 Å². The molecule has 5 heterocycles. The van der Waals surface area contributed by atoms with E-state index >= 15 is 4.39 Å². The van der Waals surface area contributed by atoms with E-state index in [0.717, 1.165) is 49.1 Å². The minimum absolute atomic E-state index is 0.0470. The van der Waals surface area contributed by atoms with Gasteiger partial charge in [-0.1, -0.05) is 57.5 Å². The number of nitrogens with two attached hydrogens (primary N) is 1. The average molecular weight is 1490 g/mol. The van der Waals surface area contributed by atoms with Crippen LogP contribution in [0.2, 0.25) is 0 Å². The van der Waals surface area contributed by atoms with Crippen molar-refractivity contribution in [2.45, 2.75) is 174 Å². The molecule has 9 amide bonds. The molecule has 5 aromatic rings. The van der Waals surface area contributed by atoms with Crippen LogP contribution in [-0.4, -0.2) is 182 Å². The zero-order valence-electron chi connectivity index (χ0n) is 61.9. The first kappa shape index (κ1) is 81.6. The van der Waals surface area contributed by atoms with Crippen molar-refractivity contribution >= 4 is 64.2 Å². The fourth-order valence-corrected chi connectivity index (χ4v) is 13.3. The number of amides is 9. The summed E-state index contributed by atoms with van der Waals surface area (Å²) in [7, 11) is 0. The molecule has 4 aliphatic rings. The first-order valence-corrected chi connectivity index (χ1v) is 36.4. The highest BCUT2D eigenvalue weighted by Crippen LogP contribution is 2.47. The van der Waals surface area contributed by atoms with Crippen molar-refractivity contribution < 1.29 is 85.7 Å². The number of fused-ring (bicyclic) bond motifs is 6. The van der Waals surface area contributed by atoms with E-state index in [-0.39, 0.29) is 120 Å². The second-order valence-electron chi connectivity index (χ2n) is 28.1. The number of aromatic nitrogens is 5. The second-order valence-corrected chi connectivity index (χ2v) is 28.1. The molecule has 1 unspecified atom stereocenters. The van der Waals surface area contributed by atoms with Gasteiger partial charge in [0.25, 0.3) is 5.56 Å². The van der Waals surface area contributed by atoms with Crippen molar-refractivity contribution in [2.24, 2.45) is 11.7 Å². The van der Waals surface area contributed by atoms with Crippen LogP contribution in [0.1, 0.15) is 162 Å². The van der Waals surface area contributed by atoms with Gasteiger partial charge in [-0.05, 0) is 125 Å². The Hall–Kier alpha value is -9.51. The number of alkyl carbamates (subject to hydrolysis) is 1. The van der Waals surface area contributed by atoms with Gasteiger partial charge in [0.2, 0.25) is 35.4 Å². The number of aryl methyl sites for hydroxylation is 1. The van der Waals surface area contributed by atoms with Gasteiger partial charge in [0, 0.05) is 47.8 Å². The molecule has 2 aliphatic carbocycles. The summed E-state index contributed by atoms with van der Waals surface area (Å²) < 4.78 is 63.8. The normalized spacial score (nSPS) is 17.0. The molecule has 9 rings (SSSR count). The number of carbonyl (C=O) groups excluding carboxylic acids is 8. The number of nitrogens with zero attached hydrogens (tertiary/aromatic N) is 5. The van der Waals surface area contributed by atoms with E-state index < -0.39 is 84.4 Å². The Kier molecular flexibility index (Phi) is 29.2. The third kappa shape index (κ3) is 21.6. The Morgan fingerprint density at radius 1 is 0.804 bits per heavy atom. The van der Waals surface area contributed by atoms with Gasteiger partial charge in [0.05, 0.1) is 99.1 Å². The van der Waals surface area contributed by atoms with Gasteiger partial charge in [-0.2, -0.15) is 0 Å². The van der Waals surface area contributed by atoms with Crippen molar-refractivity contribution in [1.29, 1.82) is 0 Å². The number of carbonyl (C=O) groups is 8. The summed E-state index contributed by atoms with van der Waals surface area (Å²) in [5, 5.41) is 42.6. The Bertz CT molecular complexity index is 4090. The van der Waals surface area contributed by atoms with E-state index in [9.17, 15) is 48.3 Å². The van der Waals surface area contributed by atoms with Gasteiger partial charge in [0.1, 0.15) is 80.8 Å². The van der Waals surface area contributed by atoms with Crippen LogP contribution in [-0.2, 0) is 110 Å². The number of hydrogen-bond donors (Lipinski definition) is 10. The van der Waals surface area contributed by atoms with Crippen LogP contribution in [0.3, 0.4) is 0 Å². The lowest BCUT2D eigenvalue weighted by Crippen LogP contribution is -2.54. The summed E-state index contributed by atoms with van der Waals surface area (Å²) in [5.74, 6) is -3.77. The molecular weight excluding hydrogens is 1390 g/mol. The topological polar surface area (TPSA) is 418 Å². The lowest BCUT2D eigenvalue weighted by Gasteiger charge is -2.35. The highest BCUT2D eigenvalue weighted by molar-refractivity contribution is 5.99. The molecule has 3 aromatic heterocycles. The lowest BCUT2D eigenvalue weighted by atomic mass is 9.81. The predicted molar refractivity (Wildman–Crippen MR) is 387 cm³/mol. The van der Waals surface area contributed by atoms with Crippen molar-refractivity contribution in [3.05, 3.63) is 115 Å². The molecule has 0 bridgehead atoms. The van der Waals surface area contributed by atoms with E-state index in [1.807, 2.05) is 4.68 Å². The molecule has 5 atom stereocenters. The second kappa shape index (κ2) is 38.3. The maximum Gasteiger partial charge on any atom is 0.407 e. The maximum absolute atomic E-state index is 15.4. The van der Waals surface area contributed by atoms with Crippen LogP contribution in [0.25, 0.3) is 22.3 Å². The number of aliphatic hydroxyl groups is 1. The minimum atomic E-state index is -1.61. The van der Waals surface area contributed by atoms with E-state index in [0.29, 0.717) is 114 Å². The molecule has 2 aromatic carbocycles. The summed E-state index contributed by atoms with van der Waals surface area (Å²) in [6.45, 7) is 18.0. The summed E-state index contributed by atoms with van der Waals surface area (Å²) in [6, 6.07) is 5.85. The molecule has 0 radical (unpaired) electrons. The number of urea groups is 1. The van der Waals surface area contributed by atoms with Crippen LogP contribution in [0.15, 0.2) is 53.5 Å². The number of nitrogens with one attached hydrogen (secondary N) is 8. The van der Waals surface area contributed by atoms with E-state index in [4.69, 9.17) is 48.6 Å². The number of halogens is 1. The number of hydrogen-bond acceptors (Lipinski definition) is 21. The molecule has 2 aliphatic heterocycles. The Labute approximate surface area is 619 Å². The Morgan fingerprint density at radius 3 is 2.22 bits per heavy atom. The van der Waals surface area contributed by atoms with Gasteiger partial charge in [0.15, 0.2) is 0 Å². The molecule has 32 nitrogen and oxygen atoms in total. The number of anilines is 1. The summed E-state index contributed by atoms with van der Waals surface area (Å²) in [4.78, 5) is 122. The van der Waals surface area contributed by atoms with Crippen LogP contribution < -0.4 is 53.8 Å². The molecular formula is C74H101FN14O18. The van der Waals surface area contributed by atoms with Crippen LogP contribution in [0.4, 0.5) is 19.7 Å². The Morgan fingerprint density at radius 2 is 1.52 bits per heavy atom. The van der Waals surface area contributed by atoms with E-state index in [1.165, 1.54) is 6.07 Å². The van der Waals surface area contributed by atoms with Crippen molar-refractivity contribution in [1.82, 2.24) is 61.8 Å². The van der Waals surface area contributed by atoms with Crippen LogP contribution in [0, 0.1) is 18.7 Å². The molecule has 0 fully saturated rings. The molecule has 33 heteroatoms. The average Bonchev–Trinajstić information content (AvgIpc) is 1.59. The third-order valence-corrected chi connectivity index (χ3v) is 19.0. The highest BCUT2D eigenvalue weighted by Gasteiger charge is 2.43. The van der Waals surface area contributed by atoms with Gasteiger partial charge in [-0.15, -0.1) is 5.10 Å². The fourth-order valence-electron chi connectivity index (χ4n) is 13.3. The number of rotatable bonds is 38. The monoisotopic (exact) mass is 1490 g/mol. The summed E-state index contributed by atoms with van der Waals surface area (Å²) in [6.07, 6.45) is 4.88. The number of pyridine rings is 2. The van der Waals surface area contributed by atoms with Gasteiger partial charge in [-0.25, -0.2) is 23.6 Å². The maximum atomic E-state index is 15.4. The molecule has 0 spiro atoms. The molecule has 107 heavy (non-hydrogen) atoms. The predicted octanol–water partition coefficient (Wildman–Crippen LogP) is 4.44. The molecule has 0 saturated carbocycles. The first-order valence-electron chi connectivity index (χ1n) is 36.4. The fraction of sp³-hybridized carbons (Fsp3) is 0.568. The van der Waals surface area contributed by atoms with Gasteiger partial charge < -0.3 is 95.8 Å². The molecule has 11 N–H and O–H groups in total. The quantitative estimate of drug-likeness (QED) is 0.0189. The zero-order chi connectivity index (χ0) is 77.0. The van der Waals surface area contributed by atoms with Gasteiger partial charge in [-0.3, -0.25) is 33.6 Å². The largest absolute Gasteiger partial charge is 0.490 e. The smallest absolute Gasteiger partial charge is 0.407 e. The summed E-state index contributed by atoms with van der Waals surface area (Å²) in [5.41, 5.74) is 10.3. The highest BCUT2D eigenvalue weighted by atomic mass is 19.1.